The van der Waals surface area contributed by atoms with Gasteiger partial charge in [-0.1, -0.05) is 6.92 Å². The highest BCUT2D eigenvalue weighted by atomic mass is 16.5. The minimum absolute atomic E-state index is 0.144. The molecule has 0 aliphatic carbocycles. The summed E-state index contributed by atoms with van der Waals surface area (Å²) in [5, 5.41) is 3.25. The Morgan fingerprint density at radius 1 is 1.65 bits per heavy atom. The molecule has 1 fully saturated rings. The van der Waals surface area contributed by atoms with Crippen LogP contribution in [0.5, 0.6) is 0 Å². The molecule has 2 rings (SSSR count). The molecule has 2 unspecified atom stereocenters. The van der Waals surface area contributed by atoms with Crippen molar-refractivity contribution in [3.8, 4) is 0 Å². The highest BCUT2D eigenvalue weighted by Crippen LogP contribution is 2.36. The Balaban J connectivity index is 2.26. The van der Waals surface area contributed by atoms with Gasteiger partial charge in [0.25, 0.3) is 0 Å². The van der Waals surface area contributed by atoms with E-state index < -0.39 is 0 Å². The molecule has 1 aliphatic rings. The first-order valence-electron chi connectivity index (χ1n) is 6.02. The summed E-state index contributed by atoms with van der Waals surface area (Å²) in [6.07, 6.45) is 0. The highest BCUT2D eigenvalue weighted by Gasteiger charge is 2.47. The molecule has 0 amide bonds. The monoisotopic (exact) mass is 237 g/mol. The van der Waals surface area contributed by atoms with Crippen LogP contribution in [0, 0.1) is 12.8 Å². The first-order chi connectivity index (χ1) is 8.08. The van der Waals surface area contributed by atoms with Gasteiger partial charge in [-0.2, -0.15) is 0 Å². The fourth-order valence-corrected chi connectivity index (χ4v) is 2.41. The van der Waals surface area contributed by atoms with Crippen molar-refractivity contribution in [3.63, 3.8) is 0 Å². The van der Waals surface area contributed by atoms with Crippen LogP contribution in [0.2, 0.25) is 0 Å². The van der Waals surface area contributed by atoms with Gasteiger partial charge in [-0.15, -0.1) is 0 Å². The lowest BCUT2D eigenvalue weighted by Crippen LogP contribution is -2.37. The van der Waals surface area contributed by atoms with Crippen LogP contribution in [-0.4, -0.2) is 25.7 Å². The van der Waals surface area contributed by atoms with Crippen molar-refractivity contribution in [2.24, 2.45) is 5.92 Å². The largest absolute Gasteiger partial charge is 0.466 e. The van der Waals surface area contributed by atoms with Crippen LogP contribution in [0.4, 0.5) is 0 Å². The van der Waals surface area contributed by atoms with E-state index in [0.29, 0.717) is 13.2 Å². The van der Waals surface area contributed by atoms with E-state index in [9.17, 15) is 4.79 Å². The Morgan fingerprint density at radius 3 is 3.00 bits per heavy atom. The van der Waals surface area contributed by atoms with Crippen LogP contribution in [0.25, 0.3) is 0 Å². The molecular formula is C13H19NO3. The lowest BCUT2D eigenvalue weighted by atomic mass is 9.78. The lowest BCUT2D eigenvalue weighted by molar-refractivity contribution is -0.149. The lowest BCUT2D eigenvalue weighted by Gasteiger charge is -2.26. The summed E-state index contributed by atoms with van der Waals surface area (Å²) >= 11 is 0. The van der Waals surface area contributed by atoms with E-state index in [1.165, 1.54) is 0 Å². The van der Waals surface area contributed by atoms with E-state index in [1.807, 2.05) is 32.9 Å². The van der Waals surface area contributed by atoms with Gasteiger partial charge in [-0.05, 0) is 26.0 Å². The molecule has 17 heavy (non-hydrogen) atoms. The predicted molar refractivity (Wildman–Crippen MR) is 63.8 cm³/mol. The van der Waals surface area contributed by atoms with Crippen molar-refractivity contribution in [3.05, 3.63) is 23.7 Å². The zero-order valence-corrected chi connectivity index (χ0v) is 10.6. The zero-order chi connectivity index (χ0) is 12.5. The maximum absolute atomic E-state index is 11.9. The maximum atomic E-state index is 11.9. The Kier molecular flexibility index (Phi) is 3.24. The molecule has 0 bridgehead atoms. The number of hydrogen-bond donors (Lipinski definition) is 1. The number of carbonyl (C=O) groups is 1. The Morgan fingerprint density at radius 2 is 2.41 bits per heavy atom. The predicted octanol–water partition coefficient (Wildman–Crippen LogP) is 1.63. The molecule has 0 radical (unpaired) electrons. The average Bonchev–Trinajstić information content (AvgIpc) is 2.86. The third kappa shape index (κ3) is 2.09. The zero-order valence-electron chi connectivity index (χ0n) is 10.6. The minimum atomic E-state index is -0.305. The molecule has 1 saturated heterocycles. The standard InChI is InChI=1S/C13H19NO3/c1-4-16-12(15)10-7-14-8-13(10,3)11-6-5-9(2)17-11/h5-6,10,14H,4,7-8H2,1-3H3. The first kappa shape index (κ1) is 12.2. The molecule has 2 atom stereocenters. The molecular weight excluding hydrogens is 218 g/mol. The normalized spacial score (nSPS) is 28.3. The summed E-state index contributed by atoms with van der Waals surface area (Å²) < 4.78 is 10.8. The Bertz CT molecular complexity index is 413. The number of hydrogen-bond acceptors (Lipinski definition) is 4. The van der Waals surface area contributed by atoms with E-state index in [1.54, 1.807) is 0 Å². The van der Waals surface area contributed by atoms with Gasteiger partial charge < -0.3 is 14.5 Å². The molecule has 4 nitrogen and oxygen atoms in total. The highest BCUT2D eigenvalue weighted by molar-refractivity contribution is 5.75. The Hall–Kier alpha value is -1.29. The van der Waals surface area contributed by atoms with Gasteiger partial charge in [0.1, 0.15) is 11.5 Å². The van der Waals surface area contributed by atoms with Gasteiger partial charge in [-0.25, -0.2) is 0 Å². The van der Waals surface area contributed by atoms with Crippen molar-refractivity contribution in [2.75, 3.05) is 19.7 Å². The fourth-order valence-electron chi connectivity index (χ4n) is 2.41. The number of nitrogens with one attached hydrogen (secondary N) is 1. The van der Waals surface area contributed by atoms with Crippen molar-refractivity contribution in [2.45, 2.75) is 26.2 Å². The molecule has 2 heterocycles. The second-order valence-corrected chi connectivity index (χ2v) is 4.76. The summed E-state index contributed by atoms with van der Waals surface area (Å²) in [4.78, 5) is 11.9. The molecule has 0 aromatic carbocycles. The number of ether oxygens (including phenoxy) is 1. The van der Waals surface area contributed by atoms with Crippen molar-refractivity contribution in [1.29, 1.82) is 0 Å². The summed E-state index contributed by atoms with van der Waals surface area (Å²) in [5.74, 6) is 1.41. The number of carbonyl (C=O) groups excluding carboxylic acids is 1. The summed E-state index contributed by atoms with van der Waals surface area (Å²) in [5.41, 5.74) is -0.305. The Labute approximate surface area is 101 Å². The quantitative estimate of drug-likeness (QED) is 0.812. The topological polar surface area (TPSA) is 51.5 Å². The van der Waals surface area contributed by atoms with Gasteiger partial charge in [0, 0.05) is 13.1 Å². The number of rotatable bonds is 3. The molecule has 0 spiro atoms. The van der Waals surface area contributed by atoms with Crippen LogP contribution in [0.3, 0.4) is 0 Å². The van der Waals surface area contributed by atoms with Crippen LogP contribution >= 0.6 is 0 Å². The summed E-state index contributed by atoms with van der Waals surface area (Å²) in [6, 6.07) is 3.88. The van der Waals surface area contributed by atoms with Gasteiger partial charge in [0.15, 0.2) is 0 Å². The smallest absolute Gasteiger partial charge is 0.311 e. The number of furan rings is 1. The van der Waals surface area contributed by atoms with Crippen LogP contribution < -0.4 is 5.32 Å². The van der Waals surface area contributed by atoms with Gasteiger partial charge in [0.05, 0.1) is 17.9 Å². The molecule has 1 aromatic heterocycles. The SMILES string of the molecule is CCOC(=O)C1CNCC1(C)c1ccc(C)o1. The second-order valence-electron chi connectivity index (χ2n) is 4.76. The molecule has 1 aromatic rings. The molecule has 4 heteroatoms. The fraction of sp³-hybridized carbons (Fsp3) is 0.615. The van der Waals surface area contributed by atoms with Crippen LogP contribution in [0.15, 0.2) is 16.5 Å². The van der Waals surface area contributed by atoms with Gasteiger partial charge >= 0.3 is 5.97 Å². The summed E-state index contributed by atoms with van der Waals surface area (Å²) in [6.45, 7) is 7.59. The maximum Gasteiger partial charge on any atom is 0.311 e. The third-order valence-electron chi connectivity index (χ3n) is 3.48. The van der Waals surface area contributed by atoms with E-state index in [-0.39, 0.29) is 17.3 Å². The average molecular weight is 237 g/mol. The van der Waals surface area contributed by atoms with Crippen LogP contribution in [-0.2, 0) is 14.9 Å². The van der Waals surface area contributed by atoms with E-state index >= 15 is 0 Å². The third-order valence-corrected chi connectivity index (χ3v) is 3.48. The summed E-state index contributed by atoms with van der Waals surface area (Å²) in [7, 11) is 0. The van der Waals surface area contributed by atoms with Gasteiger partial charge in [-0.3, -0.25) is 4.79 Å². The molecule has 94 valence electrons. The minimum Gasteiger partial charge on any atom is -0.466 e. The van der Waals surface area contributed by atoms with Gasteiger partial charge in [0.2, 0.25) is 0 Å². The van der Waals surface area contributed by atoms with E-state index in [0.717, 1.165) is 18.1 Å². The van der Waals surface area contributed by atoms with Crippen molar-refractivity contribution < 1.29 is 13.9 Å². The molecule has 0 saturated carbocycles. The van der Waals surface area contributed by atoms with E-state index in [4.69, 9.17) is 9.15 Å². The first-order valence-corrected chi connectivity index (χ1v) is 6.02. The van der Waals surface area contributed by atoms with E-state index in [2.05, 4.69) is 5.32 Å². The molecule has 1 aliphatic heterocycles. The molecule has 1 N–H and O–H groups in total. The second kappa shape index (κ2) is 4.53. The number of aryl methyl sites for hydroxylation is 1. The van der Waals surface area contributed by atoms with Crippen LogP contribution in [0.1, 0.15) is 25.4 Å². The van der Waals surface area contributed by atoms with Crippen molar-refractivity contribution in [1.82, 2.24) is 5.32 Å². The number of esters is 1. The van der Waals surface area contributed by atoms with Crippen molar-refractivity contribution >= 4 is 5.97 Å².